The second kappa shape index (κ2) is 3.82. The van der Waals surface area contributed by atoms with E-state index in [1.165, 1.54) is 0 Å². The molecule has 0 atom stereocenters. The van der Waals surface area contributed by atoms with Crippen LogP contribution in [0.3, 0.4) is 0 Å². The summed E-state index contributed by atoms with van der Waals surface area (Å²) in [4.78, 5) is 8.98. The van der Waals surface area contributed by atoms with Crippen LogP contribution in [0.5, 0.6) is 0 Å². The van der Waals surface area contributed by atoms with Crippen LogP contribution in [0.25, 0.3) is 22.6 Å². The minimum absolute atomic E-state index is 0.592. The van der Waals surface area contributed by atoms with Gasteiger partial charge in [-0.1, -0.05) is 18.2 Å². The van der Waals surface area contributed by atoms with Gasteiger partial charge >= 0.3 is 0 Å². The molecule has 4 rings (SSSR count). The van der Waals surface area contributed by atoms with Gasteiger partial charge in [0.2, 0.25) is 0 Å². The third-order valence-corrected chi connectivity index (χ3v) is 3.61. The van der Waals surface area contributed by atoms with Crippen LogP contribution >= 0.6 is 0 Å². The first-order chi connectivity index (χ1) is 9.31. The quantitative estimate of drug-likeness (QED) is 0.722. The van der Waals surface area contributed by atoms with Crippen molar-refractivity contribution in [1.29, 1.82) is 0 Å². The molecule has 2 N–H and O–H groups in total. The number of fused-ring (bicyclic) bond motifs is 2. The minimum Gasteiger partial charge on any atom is -0.453 e. The molecule has 4 heteroatoms. The monoisotopic (exact) mass is 251 g/mol. The molecule has 3 aromatic rings. The molecule has 0 aliphatic heterocycles. The number of para-hydroxylation sites is 1. The Morgan fingerprint density at radius 1 is 1.11 bits per heavy atom. The van der Waals surface area contributed by atoms with Gasteiger partial charge in [-0.3, -0.25) is 0 Å². The number of furan rings is 1. The SMILES string of the molecule is Nc1nc(-c2cc3ccccc3o2)nc2c1CCC2. The molecule has 0 spiro atoms. The highest BCUT2D eigenvalue weighted by molar-refractivity contribution is 5.81. The topological polar surface area (TPSA) is 64.9 Å². The van der Waals surface area contributed by atoms with Gasteiger partial charge < -0.3 is 10.2 Å². The molecule has 0 saturated heterocycles. The van der Waals surface area contributed by atoms with Crippen LogP contribution in [0.1, 0.15) is 17.7 Å². The molecule has 19 heavy (non-hydrogen) atoms. The van der Waals surface area contributed by atoms with E-state index in [1.54, 1.807) is 0 Å². The number of hydrogen-bond acceptors (Lipinski definition) is 4. The van der Waals surface area contributed by atoms with Crippen LogP contribution in [0, 0.1) is 0 Å². The Labute approximate surface area is 110 Å². The van der Waals surface area contributed by atoms with Crippen molar-refractivity contribution in [2.24, 2.45) is 0 Å². The number of nitrogens with two attached hydrogens (primary N) is 1. The Balaban J connectivity index is 1.90. The van der Waals surface area contributed by atoms with Gasteiger partial charge in [-0.25, -0.2) is 9.97 Å². The molecule has 4 nitrogen and oxygen atoms in total. The molecule has 2 heterocycles. The first kappa shape index (κ1) is 10.6. The summed E-state index contributed by atoms with van der Waals surface area (Å²) in [7, 11) is 0. The van der Waals surface area contributed by atoms with Crippen molar-refractivity contribution < 1.29 is 4.42 Å². The van der Waals surface area contributed by atoms with Gasteiger partial charge in [0.25, 0.3) is 0 Å². The normalized spacial score (nSPS) is 13.9. The second-order valence-electron chi connectivity index (χ2n) is 4.86. The largest absolute Gasteiger partial charge is 0.453 e. The molecule has 1 aromatic carbocycles. The summed E-state index contributed by atoms with van der Waals surface area (Å²) in [5, 5.41) is 1.06. The van der Waals surface area contributed by atoms with Crippen LogP contribution in [0.2, 0.25) is 0 Å². The smallest absolute Gasteiger partial charge is 0.197 e. The third-order valence-electron chi connectivity index (χ3n) is 3.61. The number of aryl methyl sites for hydroxylation is 1. The zero-order chi connectivity index (χ0) is 12.8. The number of aromatic nitrogens is 2. The molecule has 0 amide bonds. The highest BCUT2D eigenvalue weighted by Gasteiger charge is 2.19. The zero-order valence-electron chi connectivity index (χ0n) is 10.4. The van der Waals surface area contributed by atoms with Crippen molar-refractivity contribution in [3.63, 3.8) is 0 Å². The Morgan fingerprint density at radius 3 is 2.89 bits per heavy atom. The summed E-state index contributed by atoms with van der Waals surface area (Å²) < 4.78 is 5.79. The minimum atomic E-state index is 0.592. The fourth-order valence-electron chi connectivity index (χ4n) is 2.66. The van der Waals surface area contributed by atoms with E-state index in [-0.39, 0.29) is 0 Å². The molecule has 0 unspecified atom stereocenters. The Hall–Kier alpha value is -2.36. The van der Waals surface area contributed by atoms with E-state index in [2.05, 4.69) is 9.97 Å². The summed E-state index contributed by atoms with van der Waals surface area (Å²) in [6.07, 6.45) is 3.08. The lowest BCUT2D eigenvalue weighted by Gasteiger charge is -2.04. The third kappa shape index (κ3) is 1.60. The predicted molar refractivity (Wildman–Crippen MR) is 73.7 cm³/mol. The average Bonchev–Trinajstić information content (AvgIpc) is 3.04. The zero-order valence-corrected chi connectivity index (χ0v) is 10.4. The summed E-state index contributed by atoms with van der Waals surface area (Å²) in [6.45, 7) is 0. The van der Waals surface area contributed by atoms with E-state index in [1.807, 2.05) is 30.3 Å². The van der Waals surface area contributed by atoms with E-state index < -0.39 is 0 Å². The van der Waals surface area contributed by atoms with Gasteiger partial charge in [-0.2, -0.15) is 0 Å². The lowest BCUT2D eigenvalue weighted by atomic mass is 10.2. The summed E-state index contributed by atoms with van der Waals surface area (Å²) >= 11 is 0. The van der Waals surface area contributed by atoms with Crippen LogP contribution in [-0.4, -0.2) is 9.97 Å². The summed E-state index contributed by atoms with van der Waals surface area (Å²) in [5.41, 5.74) is 9.04. The Bertz CT molecular complexity index is 743. The van der Waals surface area contributed by atoms with Crippen LogP contribution in [0.4, 0.5) is 5.82 Å². The molecule has 2 aromatic heterocycles. The van der Waals surface area contributed by atoms with Crippen molar-refractivity contribution in [3.8, 4) is 11.6 Å². The highest BCUT2D eigenvalue weighted by atomic mass is 16.3. The lowest BCUT2D eigenvalue weighted by molar-refractivity contribution is 0.624. The second-order valence-corrected chi connectivity index (χ2v) is 4.86. The van der Waals surface area contributed by atoms with Crippen molar-refractivity contribution in [1.82, 2.24) is 9.97 Å². The van der Waals surface area contributed by atoms with E-state index in [0.29, 0.717) is 17.4 Å². The van der Waals surface area contributed by atoms with E-state index >= 15 is 0 Å². The maximum absolute atomic E-state index is 6.01. The molecule has 0 radical (unpaired) electrons. The number of benzene rings is 1. The highest BCUT2D eigenvalue weighted by Crippen LogP contribution is 2.30. The van der Waals surface area contributed by atoms with Crippen LogP contribution < -0.4 is 5.73 Å². The molecule has 0 fully saturated rings. The fourth-order valence-corrected chi connectivity index (χ4v) is 2.66. The molecular formula is C15H13N3O. The number of anilines is 1. The predicted octanol–water partition coefficient (Wildman–Crippen LogP) is 2.96. The van der Waals surface area contributed by atoms with Gasteiger partial charge in [0.05, 0.1) is 0 Å². The lowest BCUT2D eigenvalue weighted by Crippen LogP contribution is -2.02. The summed E-state index contributed by atoms with van der Waals surface area (Å²) in [5.74, 6) is 1.87. The van der Waals surface area contributed by atoms with Gasteiger partial charge in [-0.15, -0.1) is 0 Å². The number of hydrogen-bond donors (Lipinski definition) is 1. The Kier molecular flexibility index (Phi) is 2.12. The van der Waals surface area contributed by atoms with E-state index in [4.69, 9.17) is 10.2 Å². The molecule has 94 valence electrons. The van der Waals surface area contributed by atoms with Crippen molar-refractivity contribution >= 4 is 16.8 Å². The van der Waals surface area contributed by atoms with E-state index in [9.17, 15) is 0 Å². The molecule has 1 aliphatic rings. The van der Waals surface area contributed by atoms with Gasteiger partial charge in [0, 0.05) is 16.6 Å². The molecule has 1 aliphatic carbocycles. The van der Waals surface area contributed by atoms with Gasteiger partial charge in [-0.05, 0) is 31.4 Å². The van der Waals surface area contributed by atoms with Crippen LogP contribution in [-0.2, 0) is 12.8 Å². The molecular weight excluding hydrogens is 238 g/mol. The first-order valence-electron chi connectivity index (χ1n) is 6.45. The first-order valence-corrected chi connectivity index (χ1v) is 6.45. The van der Waals surface area contributed by atoms with Gasteiger partial charge in [0.1, 0.15) is 11.4 Å². The maximum atomic E-state index is 6.01. The average molecular weight is 251 g/mol. The Morgan fingerprint density at radius 2 is 2.00 bits per heavy atom. The molecule has 0 bridgehead atoms. The molecule has 0 saturated carbocycles. The van der Waals surface area contributed by atoms with Crippen molar-refractivity contribution in [2.75, 3.05) is 5.73 Å². The van der Waals surface area contributed by atoms with Crippen molar-refractivity contribution in [3.05, 3.63) is 41.6 Å². The maximum Gasteiger partial charge on any atom is 0.197 e. The fraction of sp³-hybridized carbons (Fsp3) is 0.200. The summed E-state index contributed by atoms with van der Waals surface area (Å²) in [6, 6.07) is 9.85. The van der Waals surface area contributed by atoms with Crippen molar-refractivity contribution in [2.45, 2.75) is 19.3 Å². The van der Waals surface area contributed by atoms with Gasteiger partial charge in [0.15, 0.2) is 11.6 Å². The standard InChI is InChI=1S/C15H13N3O/c16-14-10-5-3-6-11(10)17-15(18-14)13-8-9-4-1-2-7-12(9)19-13/h1-2,4,7-8H,3,5-6H2,(H2,16,17,18). The number of rotatable bonds is 1. The van der Waals surface area contributed by atoms with E-state index in [0.717, 1.165) is 41.5 Å². The number of nitrogens with zero attached hydrogens (tertiary/aromatic N) is 2. The number of nitrogen functional groups attached to an aromatic ring is 1. The van der Waals surface area contributed by atoms with Crippen LogP contribution in [0.15, 0.2) is 34.7 Å².